The predicted molar refractivity (Wildman–Crippen MR) is 114 cm³/mol. The van der Waals surface area contributed by atoms with Gasteiger partial charge < -0.3 is 4.74 Å². The van der Waals surface area contributed by atoms with Crippen LogP contribution in [0.25, 0.3) is 5.57 Å². The van der Waals surface area contributed by atoms with Crippen LogP contribution in [0.1, 0.15) is 24.8 Å². The van der Waals surface area contributed by atoms with Crippen LogP contribution < -0.4 is 0 Å². The van der Waals surface area contributed by atoms with E-state index >= 15 is 0 Å². The number of benzene rings is 1. The fourth-order valence-electron chi connectivity index (χ4n) is 3.63. The SMILES string of the molecule is COC1(Cl)CC(Cl)=C(C2=CC3(C=C2c2ccc(S(C)(=O)=O)cc2)CC3)C=C1Cl. The van der Waals surface area contributed by atoms with Gasteiger partial charge in [-0.05, 0) is 53.3 Å². The van der Waals surface area contributed by atoms with E-state index in [0.717, 1.165) is 35.1 Å². The molecule has 1 unspecified atom stereocenters. The Morgan fingerprint density at radius 2 is 1.64 bits per heavy atom. The largest absolute Gasteiger partial charge is 0.357 e. The molecule has 1 saturated carbocycles. The minimum atomic E-state index is -3.24. The standard InChI is InChI=1S/C21H19Cl3O3S/c1-27-21(24)12-18(22)15(9-19(21)23)17-11-20(7-8-20)10-16(17)13-3-5-14(6-4-13)28(2,25)26/h3-6,9-11H,7-8,12H2,1-2H3. The van der Waals surface area contributed by atoms with Crippen molar-refractivity contribution in [2.45, 2.75) is 29.2 Å². The number of methoxy groups -OCH3 is 1. The van der Waals surface area contributed by atoms with Gasteiger partial charge in [-0.1, -0.05) is 59.1 Å². The summed E-state index contributed by atoms with van der Waals surface area (Å²) in [5.41, 5.74) is 3.87. The zero-order valence-corrected chi connectivity index (χ0v) is 18.5. The lowest BCUT2D eigenvalue weighted by Gasteiger charge is -2.30. The fourth-order valence-corrected chi connectivity index (χ4v) is 5.12. The van der Waals surface area contributed by atoms with Gasteiger partial charge in [-0.2, -0.15) is 0 Å². The van der Waals surface area contributed by atoms with E-state index < -0.39 is 14.9 Å². The topological polar surface area (TPSA) is 43.4 Å². The molecule has 0 aliphatic heterocycles. The molecule has 4 rings (SSSR count). The summed E-state index contributed by atoms with van der Waals surface area (Å²) in [6.07, 6.45) is 9.91. The first-order valence-corrected chi connectivity index (χ1v) is 11.9. The zero-order valence-electron chi connectivity index (χ0n) is 15.4. The molecule has 0 radical (unpaired) electrons. The third-order valence-electron chi connectivity index (χ3n) is 5.49. The van der Waals surface area contributed by atoms with E-state index in [-0.39, 0.29) is 11.8 Å². The lowest BCUT2D eigenvalue weighted by Crippen LogP contribution is -2.27. The number of alkyl halides is 1. The third-order valence-corrected chi connectivity index (χ3v) is 7.96. The Labute approximate surface area is 180 Å². The van der Waals surface area contributed by atoms with E-state index in [2.05, 4.69) is 12.2 Å². The molecule has 0 heterocycles. The third kappa shape index (κ3) is 3.50. The summed E-state index contributed by atoms with van der Waals surface area (Å²) in [6.45, 7) is 0. The van der Waals surface area contributed by atoms with Gasteiger partial charge in [0.05, 0.1) is 9.93 Å². The maximum atomic E-state index is 11.8. The molecule has 1 aromatic carbocycles. The van der Waals surface area contributed by atoms with Crippen molar-refractivity contribution in [1.29, 1.82) is 0 Å². The lowest BCUT2D eigenvalue weighted by atomic mass is 9.91. The number of hydrogen-bond donors (Lipinski definition) is 0. The molecule has 0 aromatic heterocycles. The number of hydrogen-bond acceptors (Lipinski definition) is 3. The van der Waals surface area contributed by atoms with Crippen molar-refractivity contribution in [3.8, 4) is 0 Å². The van der Waals surface area contributed by atoms with Crippen LogP contribution >= 0.6 is 34.8 Å². The number of rotatable bonds is 4. The van der Waals surface area contributed by atoms with E-state index in [1.807, 2.05) is 12.1 Å². The molecule has 7 heteroatoms. The number of halogens is 3. The molecule has 0 amide bonds. The minimum absolute atomic E-state index is 0.0570. The number of allylic oxidation sites excluding steroid dienone is 6. The fraction of sp³-hybridized carbons (Fsp3) is 0.333. The summed E-state index contributed by atoms with van der Waals surface area (Å²) in [7, 11) is -1.74. The van der Waals surface area contributed by atoms with Gasteiger partial charge in [0.25, 0.3) is 0 Å². The van der Waals surface area contributed by atoms with Crippen molar-refractivity contribution in [3.05, 3.63) is 69.3 Å². The van der Waals surface area contributed by atoms with Crippen molar-refractivity contribution >= 4 is 50.2 Å². The van der Waals surface area contributed by atoms with Crippen molar-refractivity contribution in [2.75, 3.05) is 13.4 Å². The highest BCUT2D eigenvalue weighted by atomic mass is 35.5. The van der Waals surface area contributed by atoms with Crippen LogP contribution in [0.5, 0.6) is 0 Å². The van der Waals surface area contributed by atoms with Gasteiger partial charge in [-0.25, -0.2) is 8.42 Å². The van der Waals surface area contributed by atoms with Gasteiger partial charge in [0.1, 0.15) is 0 Å². The Bertz CT molecular complexity index is 1070. The molecular weight excluding hydrogens is 439 g/mol. The van der Waals surface area contributed by atoms with Crippen LogP contribution in [0.2, 0.25) is 0 Å². The first kappa shape index (κ1) is 20.2. The van der Waals surface area contributed by atoms with E-state index in [9.17, 15) is 8.42 Å². The van der Waals surface area contributed by atoms with Gasteiger partial charge >= 0.3 is 0 Å². The van der Waals surface area contributed by atoms with Crippen LogP contribution in [0.4, 0.5) is 0 Å². The monoisotopic (exact) mass is 456 g/mol. The van der Waals surface area contributed by atoms with Crippen LogP contribution in [0.15, 0.2) is 68.6 Å². The molecule has 1 spiro atoms. The summed E-state index contributed by atoms with van der Waals surface area (Å²) >= 11 is 19.4. The average molecular weight is 458 g/mol. The van der Waals surface area contributed by atoms with E-state index in [0.29, 0.717) is 15.0 Å². The van der Waals surface area contributed by atoms with Crippen LogP contribution in [0, 0.1) is 5.41 Å². The van der Waals surface area contributed by atoms with Crippen LogP contribution in [-0.4, -0.2) is 26.8 Å². The average Bonchev–Trinajstić information content (AvgIpc) is 3.29. The molecule has 0 N–H and O–H groups in total. The summed E-state index contributed by atoms with van der Waals surface area (Å²) in [5.74, 6) is 0. The Morgan fingerprint density at radius 3 is 2.18 bits per heavy atom. The molecule has 1 aromatic rings. The van der Waals surface area contributed by atoms with Gasteiger partial charge in [0.15, 0.2) is 14.9 Å². The maximum Gasteiger partial charge on any atom is 0.182 e. The molecule has 148 valence electrons. The lowest BCUT2D eigenvalue weighted by molar-refractivity contribution is 0.101. The molecule has 28 heavy (non-hydrogen) atoms. The van der Waals surface area contributed by atoms with Crippen molar-refractivity contribution in [1.82, 2.24) is 0 Å². The van der Waals surface area contributed by atoms with Crippen molar-refractivity contribution < 1.29 is 13.2 Å². The highest BCUT2D eigenvalue weighted by Gasteiger charge is 2.45. The highest BCUT2D eigenvalue weighted by molar-refractivity contribution is 7.90. The first-order valence-electron chi connectivity index (χ1n) is 8.84. The Morgan fingerprint density at radius 1 is 1.04 bits per heavy atom. The molecule has 1 atom stereocenters. The molecule has 3 aliphatic rings. The molecule has 1 fully saturated rings. The van der Waals surface area contributed by atoms with Gasteiger partial charge in [-0.3, -0.25) is 0 Å². The highest BCUT2D eigenvalue weighted by Crippen LogP contribution is 2.58. The predicted octanol–water partition coefficient (Wildman–Crippen LogP) is 5.79. The number of ether oxygens (including phenoxy) is 1. The van der Waals surface area contributed by atoms with Crippen molar-refractivity contribution in [2.24, 2.45) is 5.41 Å². The second-order valence-corrected chi connectivity index (χ2v) is 11.1. The second kappa shape index (κ2) is 6.75. The summed E-state index contributed by atoms with van der Waals surface area (Å²) < 4.78 is 28.9. The summed E-state index contributed by atoms with van der Waals surface area (Å²) in [4.78, 5) is 0.298. The zero-order chi connectivity index (χ0) is 20.3. The summed E-state index contributed by atoms with van der Waals surface area (Å²) in [6, 6.07) is 6.94. The molecular formula is C21H19Cl3O3S. The van der Waals surface area contributed by atoms with E-state index in [1.54, 1.807) is 18.2 Å². The Hall–Kier alpha value is -1.04. The maximum absolute atomic E-state index is 11.8. The van der Waals surface area contributed by atoms with Crippen LogP contribution in [0.3, 0.4) is 0 Å². The second-order valence-electron chi connectivity index (χ2n) is 7.57. The van der Waals surface area contributed by atoms with Crippen LogP contribution in [-0.2, 0) is 14.6 Å². The van der Waals surface area contributed by atoms with E-state index in [4.69, 9.17) is 39.5 Å². The molecule has 0 saturated heterocycles. The number of sulfone groups is 1. The molecule has 0 bridgehead atoms. The Kier molecular flexibility index (Phi) is 4.88. The van der Waals surface area contributed by atoms with E-state index in [1.165, 1.54) is 13.4 Å². The first-order chi connectivity index (χ1) is 13.1. The van der Waals surface area contributed by atoms with Crippen molar-refractivity contribution in [3.63, 3.8) is 0 Å². The van der Waals surface area contributed by atoms with Gasteiger partial charge in [0, 0.05) is 30.2 Å². The quantitative estimate of drug-likeness (QED) is 0.537. The Balaban J connectivity index is 1.76. The summed E-state index contributed by atoms with van der Waals surface area (Å²) in [5, 5.41) is -0.163. The van der Waals surface area contributed by atoms with Gasteiger partial charge in [-0.15, -0.1) is 0 Å². The molecule has 3 nitrogen and oxygen atoms in total. The minimum Gasteiger partial charge on any atom is -0.357 e. The smallest absolute Gasteiger partial charge is 0.182 e. The van der Waals surface area contributed by atoms with Gasteiger partial charge in [0.2, 0.25) is 0 Å². The molecule has 3 aliphatic carbocycles. The normalized spacial score (nSPS) is 26.2.